The van der Waals surface area contributed by atoms with Gasteiger partial charge in [-0.2, -0.15) is 9.57 Å². The topological polar surface area (TPSA) is 87.2 Å². The number of rotatable bonds is 3. The fraction of sp³-hybridized carbons (Fsp3) is 0.533. The Bertz CT molecular complexity index is 666. The van der Waals surface area contributed by atoms with Crippen LogP contribution in [0.2, 0.25) is 0 Å². The van der Waals surface area contributed by atoms with Crippen molar-refractivity contribution in [3.05, 3.63) is 35.4 Å². The number of fused-ring (bicyclic) bond motifs is 2. The number of hydrogen-bond acceptors (Lipinski definition) is 4. The van der Waals surface area contributed by atoms with Gasteiger partial charge in [0.2, 0.25) is 10.0 Å². The third-order valence-corrected chi connectivity index (χ3v) is 6.41. The standard InChI is InChI=1S/C15H19N3O2S/c16-9-11-3-1-2-4-12(11)10-21(19,20)18-14-5-6-15(18)8-13(17)7-14/h1-4,13-15H,5-8,10,17H2. The summed E-state index contributed by atoms with van der Waals surface area (Å²) in [5, 5.41) is 9.10. The maximum Gasteiger partial charge on any atom is 0.218 e. The van der Waals surface area contributed by atoms with Crippen molar-refractivity contribution in [3.63, 3.8) is 0 Å². The Morgan fingerprint density at radius 3 is 2.48 bits per heavy atom. The predicted octanol–water partition coefficient (Wildman–Crippen LogP) is 1.34. The molecule has 0 radical (unpaired) electrons. The van der Waals surface area contributed by atoms with E-state index in [4.69, 9.17) is 11.0 Å². The molecule has 2 aliphatic heterocycles. The molecule has 0 amide bonds. The van der Waals surface area contributed by atoms with E-state index in [2.05, 4.69) is 6.07 Å². The van der Waals surface area contributed by atoms with Gasteiger partial charge in [-0.1, -0.05) is 18.2 Å². The van der Waals surface area contributed by atoms with Gasteiger partial charge in [0.25, 0.3) is 0 Å². The number of nitriles is 1. The molecule has 0 spiro atoms. The normalized spacial score (nSPS) is 29.2. The van der Waals surface area contributed by atoms with E-state index < -0.39 is 10.0 Å². The van der Waals surface area contributed by atoms with E-state index in [0.29, 0.717) is 11.1 Å². The van der Waals surface area contributed by atoms with Crippen molar-refractivity contribution in [2.75, 3.05) is 0 Å². The zero-order valence-corrected chi connectivity index (χ0v) is 12.6. The molecule has 2 bridgehead atoms. The molecule has 2 saturated heterocycles. The van der Waals surface area contributed by atoms with Crippen LogP contribution in [-0.4, -0.2) is 30.8 Å². The van der Waals surface area contributed by atoms with Crippen molar-refractivity contribution in [2.45, 2.75) is 49.6 Å². The zero-order valence-electron chi connectivity index (χ0n) is 11.8. The minimum Gasteiger partial charge on any atom is -0.328 e. The number of hydrogen-bond donors (Lipinski definition) is 1. The van der Waals surface area contributed by atoms with Crippen molar-refractivity contribution in [2.24, 2.45) is 5.73 Å². The monoisotopic (exact) mass is 305 g/mol. The van der Waals surface area contributed by atoms with E-state index >= 15 is 0 Å². The van der Waals surface area contributed by atoms with Crippen molar-refractivity contribution >= 4 is 10.0 Å². The lowest BCUT2D eigenvalue weighted by molar-refractivity contribution is 0.227. The second-order valence-corrected chi connectivity index (χ2v) is 7.85. The molecule has 2 unspecified atom stereocenters. The summed E-state index contributed by atoms with van der Waals surface area (Å²) < 4.78 is 27.2. The summed E-state index contributed by atoms with van der Waals surface area (Å²) in [5.74, 6) is -0.0982. The number of piperidine rings is 1. The number of benzene rings is 1. The van der Waals surface area contributed by atoms with E-state index in [0.717, 1.165) is 25.7 Å². The van der Waals surface area contributed by atoms with Gasteiger partial charge in [-0.25, -0.2) is 8.42 Å². The van der Waals surface area contributed by atoms with Crippen molar-refractivity contribution in [3.8, 4) is 6.07 Å². The Morgan fingerprint density at radius 1 is 1.24 bits per heavy atom. The van der Waals surface area contributed by atoms with Crippen molar-refractivity contribution in [1.29, 1.82) is 5.26 Å². The van der Waals surface area contributed by atoms with Crippen LogP contribution in [0, 0.1) is 11.3 Å². The van der Waals surface area contributed by atoms with Gasteiger partial charge in [0.1, 0.15) is 0 Å². The fourth-order valence-corrected chi connectivity index (χ4v) is 5.74. The Hall–Kier alpha value is -1.42. The molecule has 1 aromatic carbocycles. The molecule has 0 aliphatic carbocycles. The lowest BCUT2D eigenvalue weighted by Gasteiger charge is -2.36. The van der Waals surface area contributed by atoms with Crippen LogP contribution in [-0.2, 0) is 15.8 Å². The second kappa shape index (κ2) is 5.41. The summed E-state index contributed by atoms with van der Waals surface area (Å²) in [6.07, 6.45) is 3.29. The molecule has 2 heterocycles. The van der Waals surface area contributed by atoms with Crippen LogP contribution < -0.4 is 5.73 Å². The average Bonchev–Trinajstić information content (AvgIpc) is 2.73. The third kappa shape index (κ3) is 2.69. The molecule has 2 N–H and O–H groups in total. The van der Waals surface area contributed by atoms with E-state index in [1.54, 1.807) is 28.6 Å². The number of nitrogens with zero attached hydrogens (tertiary/aromatic N) is 2. The molecule has 3 rings (SSSR count). The Labute approximate surface area is 125 Å². The highest BCUT2D eigenvalue weighted by molar-refractivity contribution is 7.88. The van der Waals surface area contributed by atoms with Crippen molar-refractivity contribution < 1.29 is 8.42 Å². The second-order valence-electron chi connectivity index (χ2n) is 5.97. The van der Waals surface area contributed by atoms with Crippen LogP contribution in [0.15, 0.2) is 24.3 Å². The van der Waals surface area contributed by atoms with Crippen LogP contribution in [0.3, 0.4) is 0 Å². The molecule has 2 atom stereocenters. The van der Waals surface area contributed by atoms with E-state index in [1.165, 1.54) is 0 Å². The highest BCUT2D eigenvalue weighted by Crippen LogP contribution is 2.38. The largest absolute Gasteiger partial charge is 0.328 e. The van der Waals surface area contributed by atoms with Gasteiger partial charge >= 0.3 is 0 Å². The summed E-state index contributed by atoms with van der Waals surface area (Å²) in [7, 11) is -3.40. The molecular weight excluding hydrogens is 286 g/mol. The minimum absolute atomic E-state index is 0.0398. The minimum atomic E-state index is -3.40. The molecule has 2 fully saturated rings. The lowest BCUT2D eigenvalue weighted by atomic mass is 10.0. The molecule has 1 aromatic rings. The third-order valence-electron chi connectivity index (χ3n) is 4.50. The smallest absolute Gasteiger partial charge is 0.218 e. The van der Waals surface area contributed by atoms with E-state index in [-0.39, 0.29) is 23.9 Å². The summed E-state index contributed by atoms with van der Waals surface area (Å²) in [4.78, 5) is 0. The highest BCUT2D eigenvalue weighted by Gasteiger charge is 2.45. The van der Waals surface area contributed by atoms with E-state index in [9.17, 15) is 8.42 Å². The summed E-state index contributed by atoms with van der Waals surface area (Å²) >= 11 is 0. The SMILES string of the molecule is N#Cc1ccccc1CS(=O)(=O)N1C2CCC1CC(N)C2. The molecule has 2 aliphatic rings. The number of sulfonamides is 1. The molecule has 6 heteroatoms. The molecule has 5 nitrogen and oxygen atoms in total. The number of nitrogens with two attached hydrogens (primary N) is 1. The first kappa shape index (κ1) is 14.5. The van der Waals surface area contributed by atoms with Gasteiger partial charge in [0, 0.05) is 18.1 Å². The highest BCUT2D eigenvalue weighted by atomic mass is 32.2. The van der Waals surface area contributed by atoms with Gasteiger partial charge in [-0.3, -0.25) is 0 Å². The van der Waals surface area contributed by atoms with Crippen LogP contribution in [0.4, 0.5) is 0 Å². The maximum atomic E-state index is 12.8. The first-order chi connectivity index (χ1) is 10.0. The Morgan fingerprint density at radius 2 is 1.86 bits per heavy atom. The molecule has 0 aromatic heterocycles. The first-order valence-electron chi connectivity index (χ1n) is 7.26. The van der Waals surface area contributed by atoms with E-state index in [1.807, 2.05) is 0 Å². The van der Waals surface area contributed by atoms with Gasteiger partial charge in [0.15, 0.2) is 0 Å². The summed E-state index contributed by atoms with van der Waals surface area (Å²) in [6.45, 7) is 0. The quantitative estimate of drug-likeness (QED) is 0.913. The average molecular weight is 305 g/mol. The van der Waals surface area contributed by atoms with Crippen LogP contribution in [0.25, 0.3) is 0 Å². The van der Waals surface area contributed by atoms with Gasteiger partial charge in [-0.05, 0) is 37.3 Å². The lowest BCUT2D eigenvalue weighted by Crippen LogP contribution is -2.50. The van der Waals surface area contributed by atoms with Gasteiger partial charge in [-0.15, -0.1) is 0 Å². The summed E-state index contributed by atoms with van der Waals surface area (Å²) in [6, 6.07) is 9.15. The predicted molar refractivity (Wildman–Crippen MR) is 79.6 cm³/mol. The maximum absolute atomic E-state index is 12.8. The molecule has 21 heavy (non-hydrogen) atoms. The molecule has 112 valence electrons. The first-order valence-corrected chi connectivity index (χ1v) is 8.87. The molecular formula is C15H19N3O2S. The van der Waals surface area contributed by atoms with Crippen LogP contribution >= 0.6 is 0 Å². The van der Waals surface area contributed by atoms with Gasteiger partial charge in [0.05, 0.1) is 17.4 Å². The van der Waals surface area contributed by atoms with Crippen molar-refractivity contribution in [1.82, 2.24) is 4.31 Å². The Kier molecular flexibility index (Phi) is 3.74. The van der Waals surface area contributed by atoms with Crippen LogP contribution in [0.1, 0.15) is 36.8 Å². The molecule has 0 saturated carbocycles. The Balaban J connectivity index is 1.87. The summed E-state index contributed by atoms with van der Waals surface area (Å²) in [5.41, 5.74) is 7.01. The van der Waals surface area contributed by atoms with Gasteiger partial charge < -0.3 is 5.73 Å². The fourth-order valence-electron chi connectivity index (χ4n) is 3.66. The van der Waals surface area contributed by atoms with Crippen LogP contribution in [0.5, 0.6) is 0 Å². The zero-order chi connectivity index (χ0) is 15.0.